The summed E-state index contributed by atoms with van der Waals surface area (Å²) < 4.78 is 0. The molecule has 294 valence electrons. The van der Waals surface area contributed by atoms with Crippen molar-refractivity contribution in [2.75, 3.05) is 0 Å². The third-order valence-corrected chi connectivity index (χ3v) is 12.7. The zero-order chi connectivity index (χ0) is 41.7. The number of nitrogens with zero attached hydrogens (tertiary/aromatic N) is 3. The molecule has 0 unspecified atom stereocenters. The second kappa shape index (κ2) is 15.0. The molecule has 3 nitrogen and oxygen atoms in total. The van der Waals surface area contributed by atoms with Crippen LogP contribution < -0.4 is 0 Å². The molecule has 0 bridgehead atoms. The molecule has 0 fully saturated rings. The van der Waals surface area contributed by atoms with Crippen molar-refractivity contribution >= 4 is 21.7 Å². The van der Waals surface area contributed by atoms with Gasteiger partial charge in [0.2, 0.25) is 0 Å². The van der Waals surface area contributed by atoms with Crippen LogP contribution in [0.3, 0.4) is 0 Å². The molecule has 1 aliphatic carbocycles. The minimum Gasteiger partial charge on any atom is -0.248 e. The summed E-state index contributed by atoms with van der Waals surface area (Å²) in [7, 11) is 0. The van der Waals surface area contributed by atoms with Crippen molar-refractivity contribution in [3.8, 4) is 67.4 Å². The first-order chi connectivity index (χ1) is 31.2. The van der Waals surface area contributed by atoms with Gasteiger partial charge in [0.25, 0.3) is 0 Å². The van der Waals surface area contributed by atoms with Gasteiger partial charge < -0.3 is 0 Å². The van der Waals surface area contributed by atoms with Crippen LogP contribution in [-0.2, 0) is 5.41 Å². The number of fused-ring (bicyclic) bond motifs is 5. The number of hydrogen-bond acceptors (Lipinski definition) is 3. The molecule has 3 heteroatoms. The molecule has 0 radical (unpaired) electrons. The van der Waals surface area contributed by atoms with Gasteiger partial charge in [0.1, 0.15) is 0 Å². The standard InChI is InChI=1S/C60H39N3/c1-6-20-40(21-7-1)55-37-49(51-36-50-48-32-18-19-33-53(48)60(45-27-12-4-13-28-45,46-29-14-5-15-30-46)54(50)38-58(51)61-55)44-34-43-26-16-17-31-47(43)52(35-44)59-62-56(41-22-8-2-9-23-41)39-57(63-59)42-24-10-3-11-25-42/h1-39H. The Labute approximate surface area is 366 Å². The number of pyridine rings is 1. The molecule has 12 rings (SSSR count). The fourth-order valence-corrected chi connectivity index (χ4v) is 9.89. The second-order valence-corrected chi connectivity index (χ2v) is 16.3. The predicted octanol–water partition coefficient (Wildman–Crippen LogP) is 14.9. The van der Waals surface area contributed by atoms with Crippen LogP contribution in [0.5, 0.6) is 0 Å². The van der Waals surface area contributed by atoms with E-state index in [2.05, 4.69) is 224 Å². The van der Waals surface area contributed by atoms with Crippen LogP contribution in [0, 0.1) is 0 Å². The first kappa shape index (κ1) is 36.6. The highest BCUT2D eigenvalue weighted by Crippen LogP contribution is 2.57. The van der Waals surface area contributed by atoms with E-state index in [9.17, 15) is 0 Å². The third kappa shape index (κ3) is 6.08. The SMILES string of the molecule is c1ccc(-c2cc(-c3ccccc3)nc(-c3cc(-c4cc(-c5ccccc5)nc5cc6c(cc45)-c4ccccc4C6(c4ccccc4)c4ccccc4)cc4ccccc34)n2)cc1. The van der Waals surface area contributed by atoms with E-state index in [1.165, 1.54) is 33.4 Å². The zero-order valence-electron chi connectivity index (χ0n) is 34.4. The van der Waals surface area contributed by atoms with Crippen molar-refractivity contribution in [1.82, 2.24) is 15.0 Å². The highest BCUT2D eigenvalue weighted by Gasteiger charge is 2.46. The van der Waals surface area contributed by atoms with Crippen molar-refractivity contribution in [3.05, 3.63) is 259 Å². The fraction of sp³-hybridized carbons (Fsp3) is 0.0167. The van der Waals surface area contributed by atoms with Crippen molar-refractivity contribution in [1.29, 1.82) is 0 Å². The molecule has 0 N–H and O–H groups in total. The summed E-state index contributed by atoms with van der Waals surface area (Å²) in [5, 5.41) is 3.30. The molecule has 0 saturated heterocycles. The maximum Gasteiger partial charge on any atom is 0.161 e. The van der Waals surface area contributed by atoms with Gasteiger partial charge in [-0.1, -0.05) is 200 Å². The Hall–Kier alpha value is -8.27. The molecule has 9 aromatic carbocycles. The van der Waals surface area contributed by atoms with Gasteiger partial charge in [-0.05, 0) is 91.7 Å². The molecule has 1 aliphatic rings. The Morgan fingerprint density at radius 2 is 0.794 bits per heavy atom. The first-order valence-corrected chi connectivity index (χ1v) is 21.5. The highest BCUT2D eigenvalue weighted by atomic mass is 14.9. The molecular weight excluding hydrogens is 763 g/mol. The molecule has 11 aromatic rings. The lowest BCUT2D eigenvalue weighted by Crippen LogP contribution is -2.28. The Morgan fingerprint density at radius 3 is 1.40 bits per heavy atom. The van der Waals surface area contributed by atoms with E-state index in [1.807, 2.05) is 12.1 Å². The van der Waals surface area contributed by atoms with Crippen LogP contribution >= 0.6 is 0 Å². The van der Waals surface area contributed by atoms with Gasteiger partial charge >= 0.3 is 0 Å². The van der Waals surface area contributed by atoms with Gasteiger partial charge in [0.15, 0.2) is 5.82 Å². The monoisotopic (exact) mass is 801 g/mol. The van der Waals surface area contributed by atoms with Crippen LogP contribution in [-0.4, -0.2) is 15.0 Å². The van der Waals surface area contributed by atoms with Crippen molar-refractivity contribution in [2.24, 2.45) is 0 Å². The Bertz CT molecular complexity index is 3380. The summed E-state index contributed by atoms with van der Waals surface area (Å²) in [6.07, 6.45) is 0. The summed E-state index contributed by atoms with van der Waals surface area (Å²) in [5.74, 6) is 0.681. The first-order valence-electron chi connectivity index (χ1n) is 21.5. The van der Waals surface area contributed by atoms with Gasteiger partial charge in [0, 0.05) is 27.6 Å². The van der Waals surface area contributed by atoms with Gasteiger partial charge in [-0.15, -0.1) is 0 Å². The lowest BCUT2D eigenvalue weighted by Gasteiger charge is -2.34. The molecule has 2 aromatic heterocycles. The molecule has 0 spiro atoms. The maximum absolute atomic E-state index is 5.53. The molecule has 63 heavy (non-hydrogen) atoms. The van der Waals surface area contributed by atoms with E-state index in [-0.39, 0.29) is 0 Å². The number of rotatable bonds is 7. The smallest absolute Gasteiger partial charge is 0.161 e. The van der Waals surface area contributed by atoms with Gasteiger partial charge in [-0.3, -0.25) is 0 Å². The van der Waals surface area contributed by atoms with Crippen molar-refractivity contribution < 1.29 is 0 Å². The van der Waals surface area contributed by atoms with Crippen LogP contribution in [0.2, 0.25) is 0 Å². The summed E-state index contributed by atoms with van der Waals surface area (Å²) in [6.45, 7) is 0. The van der Waals surface area contributed by atoms with Crippen LogP contribution in [0.15, 0.2) is 237 Å². The molecule has 0 atom stereocenters. The minimum atomic E-state index is -0.541. The van der Waals surface area contributed by atoms with E-state index in [4.69, 9.17) is 15.0 Å². The summed E-state index contributed by atoms with van der Waals surface area (Å²) >= 11 is 0. The Balaban J connectivity index is 1.16. The molecule has 2 heterocycles. The minimum absolute atomic E-state index is 0.541. The Kier molecular flexibility index (Phi) is 8.72. The fourth-order valence-electron chi connectivity index (χ4n) is 9.89. The number of aromatic nitrogens is 3. The van der Waals surface area contributed by atoms with E-state index < -0.39 is 5.41 Å². The van der Waals surface area contributed by atoms with E-state index in [0.717, 1.165) is 72.1 Å². The predicted molar refractivity (Wildman–Crippen MR) is 259 cm³/mol. The topological polar surface area (TPSA) is 38.7 Å². The average Bonchev–Trinajstić information content (AvgIpc) is 3.66. The summed E-state index contributed by atoms with van der Waals surface area (Å²) in [5.41, 5.74) is 16.8. The van der Waals surface area contributed by atoms with Crippen molar-refractivity contribution in [3.63, 3.8) is 0 Å². The maximum atomic E-state index is 5.53. The van der Waals surface area contributed by atoms with Gasteiger partial charge in [-0.2, -0.15) is 0 Å². The lowest BCUT2D eigenvalue weighted by molar-refractivity contribution is 0.769. The molecule has 0 amide bonds. The van der Waals surface area contributed by atoms with E-state index in [1.54, 1.807) is 0 Å². The highest BCUT2D eigenvalue weighted by molar-refractivity contribution is 6.06. The quantitative estimate of drug-likeness (QED) is 0.161. The van der Waals surface area contributed by atoms with E-state index >= 15 is 0 Å². The molecule has 0 aliphatic heterocycles. The largest absolute Gasteiger partial charge is 0.248 e. The van der Waals surface area contributed by atoms with Crippen LogP contribution in [0.1, 0.15) is 22.3 Å². The number of hydrogen-bond donors (Lipinski definition) is 0. The number of benzene rings is 9. The summed E-state index contributed by atoms with van der Waals surface area (Å²) in [4.78, 5) is 16.2. The normalized spacial score (nSPS) is 12.6. The molecular formula is C60H39N3. The third-order valence-electron chi connectivity index (χ3n) is 12.7. The van der Waals surface area contributed by atoms with Crippen LogP contribution in [0.25, 0.3) is 89.1 Å². The average molecular weight is 802 g/mol. The van der Waals surface area contributed by atoms with Crippen molar-refractivity contribution in [2.45, 2.75) is 5.41 Å². The lowest BCUT2D eigenvalue weighted by atomic mass is 9.67. The van der Waals surface area contributed by atoms with Crippen LogP contribution in [0.4, 0.5) is 0 Å². The second-order valence-electron chi connectivity index (χ2n) is 16.3. The zero-order valence-corrected chi connectivity index (χ0v) is 34.4. The van der Waals surface area contributed by atoms with Gasteiger partial charge in [-0.25, -0.2) is 15.0 Å². The molecule has 0 saturated carbocycles. The summed E-state index contributed by atoms with van der Waals surface area (Å²) in [6, 6.07) is 84.6. The Morgan fingerprint density at radius 1 is 0.286 bits per heavy atom. The van der Waals surface area contributed by atoms with E-state index in [0.29, 0.717) is 5.82 Å². The van der Waals surface area contributed by atoms with Gasteiger partial charge in [0.05, 0.1) is 28.0 Å².